The first-order valence-corrected chi connectivity index (χ1v) is 12.1. The molecule has 1 aromatic carbocycles. The van der Waals surface area contributed by atoms with E-state index in [2.05, 4.69) is 49.4 Å². The molecule has 0 radical (unpaired) electrons. The average molecular weight is 481 g/mol. The van der Waals surface area contributed by atoms with Crippen molar-refractivity contribution in [1.29, 1.82) is 0 Å². The third-order valence-electron chi connectivity index (χ3n) is 7.16. The van der Waals surface area contributed by atoms with Crippen LogP contribution in [0.5, 0.6) is 0 Å². The molecule has 10 nitrogen and oxygen atoms in total. The average Bonchev–Trinajstić information content (AvgIpc) is 3.25. The number of hydrogen-bond donors (Lipinski definition) is 2. The van der Waals surface area contributed by atoms with E-state index in [9.17, 15) is 14.7 Å². The van der Waals surface area contributed by atoms with Crippen LogP contribution in [-0.4, -0.2) is 74.4 Å². The number of cyclic esters (lactones) is 1. The molecular weight excluding hydrogens is 448 g/mol. The summed E-state index contributed by atoms with van der Waals surface area (Å²) in [4.78, 5) is 38.3. The zero-order valence-corrected chi connectivity index (χ0v) is 20.3. The smallest absolute Gasteiger partial charge is 0.418 e. The summed E-state index contributed by atoms with van der Waals surface area (Å²) < 4.78 is 4.96. The van der Waals surface area contributed by atoms with Gasteiger partial charge in [0.15, 0.2) is 5.72 Å². The van der Waals surface area contributed by atoms with Gasteiger partial charge in [0.1, 0.15) is 12.4 Å². The van der Waals surface area contributed by atoms with E-state index in [1.165, 1.54) is 12.5 Å². The lowest BCUT2D eigenvalue weighted by molar-refractivity contribution is -0.134. The second kappa shape index (κ2) is 9.09. The molecule has 186 valence electrons. The number of hydrogen-bond acceptors (Lipinski definition) is 8. The number of nitrogens with one attached hydrogen (secondary N) is 1. The monoisotopic (exact) mass is 480 g/mol. The zero-order chi connectivity index (χ0) is 24.7. The second-order valence-corrected chi connectivity index (χ2v) is 9.96. The Morgan fingerprint density at radius 3 is 2.51 bits per heavy atom. The van der Waals surface area contributed by atoms with Crippen LogP contribution in [0.2, 0.25) is 0 Å². The number of aliphatic hydroxyl groups is 1. The first-order chi connectivity index (χ1) is 16.7. The van der Waals surface area contributed by atoms with Crippen molar-refractivity contribution >= 4 is 23.8 Å². The van der Waals surface area contributed by atoms with Crippen molar-refractivity contribution in [2.75, 3.05) is 29.9 Å². The molecule has 2 bridgehead atoms. The summed E-state index contributed by atoms with van der Waals surface area (Å²) in [7, 11) is 0. The minimum atomic E-state index is -1.46. The van der Waals surface area contributed by atoms with Gasteiger partial charge < -0.3 is 20.1 Å². The molecular formula is C25H32N6O4. The van der Waals surface area contributed by atoms with Crippen molar-refractivity contribution < 1.29 is 19.4 Å². The van der Waals surface area contributed by atoms with Crippen LogP contribution in [0.4, 0.5) is 16.6 Å². The molecule has 4 heterocycles. The number of amides is 2. The maximum absolute atomic E-state index is 12.0. The Kier molecular flexibility index (Phi) is 6.10. The highest BCUT2D eigenvalue weighted by molar-refractivity contribution is 5.89. The summed E-state index contributed by atoms with van der Waals surface area (Å²) in [6, 6.07) is 10.7. The lowest BCUT2D eigenvalue weighted by Gasteiger charge is -2.40. The molecule has 2 unspecified atom stereocenters. The van der Waals surface area contributed by atoms with E-state index < -0.39 is 11.8 Å². The van der Waals surface area contributed by atoms with Crippen molar-refractivity contribution in [2.24, 2.45) is 0 Å². The van der Waals surface area contributed by atoms with Crippen LogP contribution in [0.15, 0.2) is 36.5 Å². The summed E-state index contributed by atoms with van der Waals surface area (Å²) in [5, 5.41) is 13.7. The number of carbonyl (C=O) groups is 2. The second-order valence-electron chi connectivity index (χ2n) is 9.96. The molecule has 2 N–H and O–H groups in total. The number of piperazine rings is 1. The number of rotatable bonds is 6. The van der Waals surface area contributed by atoms with E-state index in [0.29, 0.717) is 18.0 Å². The van der Waals surface area contributed by atoms with Gasteiger partial charge in [-0.1, -0.05) is 24.3 Å². The maximum atomic E-state index is 12.0. The maximum Gasteiger partial charge on any atom is 0.418 e. The molecule has 1 aromatic heterocycles. The van der Waals surface area contributed by atoms with E-state index in [-0.39, 0.29) is 24.4 Å². The Bertz CT molecular complexity index is 1090. The predicted molar refractivity (Wildman–Crippen MR) is 130 cm³/mol. The minimum absolute atomic E-state index is 0.0692. The van der Waals surface area contributed by atoms with Crippen LogP contribution < -0.4 is 10.2 Å². The van der Waals surface area contributed by atoms with Crippen LogP contribution in [-0.2, 0) is 16.1 Å². The molecule has 5 rings (SSSR count). The van der Waals surface area contributed by atoms with Gasteiger partial charge in [0.25, 0.3) is 0 Å². The van der Waals surface area contributed by atoms with Crippen LogP contribution in [0.3, 0.4) is 0 Å². The van der Waals surface area contributed by atoms with E-state index >= 15 is 0 Å². The van der Waals surface area contributed by atoms with Crippen LogP contribution >= 0.6 is 0 Å². The lowest BCUT2D eigenvalue weighted by Crippen LogP contribution is -2.54. The number of carbonyl (C=O) groups excluding carboxylic acids is 2. The van der Waals surface area contributed by atoms with Gasteiger partial charge in [0.05, 0.1) is 6.04 Å². The van der Waals surface area contributed by atoms with Gasteiger partial charge in [-0.2, -0.15) is 4.98 Å². The van der Waals surface area contributed by atoms with Crippen molar-refractivity contribution in [3.63, 3.8) is 0 Å². The van der Waals surface area contributed by atoms with Crippen LogP contribution in [0, 0.1) is 0 Å². The number of fused-ring (bicyclic) bond motifs is 2. The van der Waals surface area contributed by atoms with E-state index in [1.807, 2.05) is 6.92 Å². The molecule has 3 aliphatic rings. The summed E-state index contributed by atoms with van der Waals surface area (Å²) in [6.45, 7) is 7.82. The van der Waals surface area contributed by atoms with Gasteiger partial charge in [-0.25, -0.2) is 14.7 Å². The third-order valence-corrected chi connectivity index (χ3v) is 7.16. The Labute approximate surface area is 204 Å². The number of ether oxygens (including phenoxy) is 1. The Morgan fingerprint density at radius 2 is 1.91 bits per heavy atom. The largest absolute Gasteiger partial charge is 0.444 e. The minimum Gasteiger partial charge on any atom is -0.444 e. The summed E-state index contributed by atoms with van der Waals surface area (Å²) in [5.74, 6) is 0.827. The molecule has 3 saturated heterocycles. The molecule has 0 spiro atoms. The van der Waals surface area contributed by atoms with E-state index in [0.717, 1.165) is 42.9 Å². The molecule has 3 aliphatic heterocycles. The number of likely N-dealkylation sites (tertiary alicyclic amines) is 1. The molecule has 35 heavy (non-hydrogen) atoms. The topological polar surface area (TPSA) is 111 Å². The van der Waals surface area contributed by atoms with E-state index in [4.69, 9.17) is 4.74 Å². The Hall–Kier alpha value is -3.24. The predicted octanol–water partition coefficient (Wildman–Crippen LogP) is 2.51. The van der Waals surface area contributed by atoms with Crippen molar-refractivity contribution in [3.8, 4) is 0 Å². The zero-order valence-electron chi connectivity index (χ0n) is 20.3. The Balaban J connectivity index is 1.21. The molecule has 2 amide bonds. The van der Waals surface area contributed by atoms with E-state index in [1.54, 1.807) is 19.2 Å². The number of benzene rings is 1. The highest BCUT2D eigenvalue weighted by Crippen LogP contribution is 2.31. The first kappa shape index (κ1) is 23.5. The number of aromatic nitrogens is 2. The van der Waals surface area contributed by atoms with Crippen LogP contribution in [0.25, 0.3) is 0 Å². The summed E-state index contributed by atoms with van der Waals surface area (Å²) in [6.07, 6.45) is 3.10. The molecule has 0 aliphatic carbocycles. The lowest BCUT2D eigenvalue weighted by atomic mass is 10.1. The van der Waals surface area contributed by atoms with Crippen molar-refractivity contribution in [1.82, 2.24) is 19.8 Å². The Morgan fingerprint density at radius 1 is 1.23 bits per heavy atom. The molecule has 4 atom stereocenters. The number of anilines is 2. The normalized spacial score (nSPS) is 27.1. The van der Waals surface area contributed by atoms with Gasteiger partial charge in [0.2, 0.25) is 11.9 Å². The quantitative estimate of drug-likeness (QED) is 0.649. The van der Waals surface area contributed by atoms with Gasteiger partial charge in [-0.15, -0.1) is 0 Å². The third kappa shape index (κ3) is 4.68. The van der Waals surface area contributed by atoms with Crippen LogP contribution in [0.1, 0.15) is 50.8 Å². The van der Waals surface area contributed by atoms with Gasteiger partial charge in [0, 0.05) is 44.8 Å². The summed E-state index contributed by atoms with van der Waals surface area (Å²) in [5.41, 5.74) is 0.865. The molecule has 3 fully saturated rings. The summed E-state index contributed by atoms with van der Waals surface area (Å²) >= 11 is 0. The van der Waals surface area contributed by atoms with Crippen molar-refractivity contribution in [2.45, 2.75) is 64.0 Å². The fraction of sp³-hybridized carbons (Fsp3) is 0.520. The highest BCUT2D eigenvalue weighted by Gasteiger charge is 2.44. The number of nitrogens with zero attached hydrogens (tertiary/aromatic N) is 5. The standard InChI is InChI=1S/C25H32N6O4/c1-16(27-23-26-11-10-22(28-23)31-24(33)35-15-25(31,3)34)19-6-4-18(5-7-19)12-29-13-20-8-9-21(14-29)30(20)17(2)32/h4-7,10-11,16,20-21,34H,8-9,12-15H2,1-3H3,(H,26,27,28)/t16-,20?,21?,25-/m0/s1. The fourth-order valence-electron chi connectivity index (χ4n) is 5.49. The highest BCUT2D eigenvalue weighted by atomic mass is 16.6. The molecule has 10 heteroatoms. The van der Waals surface area contributed by atoms with Gasteiger partial charge in [-0.05, 0) is 43.9 Å². The fourth-order valence-corrected chi connectivity index (χ4v) is 5.49. The van der Waals surface area contributed by atoms with Crippen molar-refractivity contribution in [3.05, 3.63) is 47.7 Å². The first-order valence-electron chi connectivity index (χ1n) is 12.1. The molecule has 0 saturated carbocycles. The van der Waals surface area contributed by atoms with Gasteiger partial charge >= 0.3 is 6.09 Å². The SMILES string of the molecule is CC(=O)N1C2CCC1CN(Cc1ccc([C@H](C)Nc3nccc(N4C(=O)OC[C@]4(C)O)n3)cc1)C2. The van der Waals surface area contributed by atoms with Gasteiger partial charge in [-0.3, -0.25) is 9.69 Å². The molecule has 2 aromatic rings.